The lowest BCUT2D eigenvalue weighted by Gasteiger charge is -2.28. The van der Waals surface area contributed by atoms with E-state index in [1.165, 1.54) is 5.56 Å². The zero-order chi connectivity index (χ0) is 26.3. The first-order valence-electron chi connectivity index (χ1n) is 12.5. The lowest BCUT2D eigenvalue weighted by Crippen LogP contribution is -2.29. The van der Waals surface area contributed by atoms with Gasteiger partial charge in [-0.2, -0.15) is 0 Å². The average molecular weight is 531 g/mol. The Balaban J connectivity index is 1.64. The second-order valence-electron chi connectivity index (χ2n) is 9.70. The Morgan fingerprint density at radius 1 is 1.00 bits per heavy atom. The first kappa shape index (κ1) is 25.3. The Morgan fingerprint density at radius 3 is 2.43 bits per heavy atom. The van der Waals surface area contributed by atoms with Gasteiger partial charge in [-0.1, -0.05) is 23.7 Å². The van der Waals surface area contributed by atoms with Crippen LogP contribution in [0, 0.1) is 20.8 Å². The molecule has 1 N–H and O–H groups in total. The number of halogens is 1. The van der Waals surface area contributed by atoms with Crippen molar-refractivity contribution in [2.75, 3.05) is 4.90 Å². The zero-order valence-corrected chi connectivity index (χ0v) is 23.3. The molecule has 2 atom stereocenters. The fraction of sp³-hybridized carbons (Fsp3) is 0.267. The molecule has 0 bridgehead atoms. The van der Waals surface area contributed by atoms with E-state index in [1.54, 1.807) is 0 Å². The monoisotopic (exact) mass is 530 g/mol. The summed E-state index contributed by atoms with van der Waals surface area (Å²) in [6.07, 6.45) is 1.94. The van der Waals surface area contributed by atoms with E-state index < -0.39 is 0 Å². The fourth-order valence-corrected chi connectivity index (χ4v) is 5.72. The van der Waals surface area contributed by atoms with Gasteiger partial charge >= 0.3 is 0 Å². The Kier molecular flexibility index (Phi) is 6.97. The summed E-state index contributed by atoms with van der Waals surface area (Å²) in [5, 5.41) is 4.99. The third-order valence-corrected chi connectivity index (χ3v) is 7.58. The summed E-state index contributed by atoms with van der Waals surface area (Å²) in [4.78, 5) is 6.89. The van der Waals surface area contributed by atoms with Crippen LogP contribution in [0.5, 0.6) is 5.75 Å². The number of hydrogen-bond donors (Lipinski definition) is 1. The molecule has 0 aliphatic carbocycles. The molecule has 37 heavy (non-hydrogen) atoms. The van der Waals surface area contributed by atoms with Crippen LogP contribution < -0.4 is 15.0 Å². The maximum atomic E-state index is 6.50. The number of pyridine rings is 1. The highest BCUT2D eigenvalue weighted by Crippen LogP contribution is 2.44. The first-order chi connectivity index (χ1) is 17.8. The van der Waals surface area contributed by atoms with Crippen LogP contribution in [-0.4, -0.2) is 20.8 Å². The van der Waals surface area contributed by atoms with E-state index >= 15 is 0 Å². The maximum absolute atomic E-state index is 6.50. The largest absolute Gasteiger partial charge is 0.491 e. The van der Waals surface area contributed by atoms with Crippen molar-refractivity contribution in [1.82, 2.24) is 14.9 Å². The number of benzene rings is 2. The Morgan fingerprint density at radius 2 is 1.76 bits per heavy atom. The molecule has 1 saturated heterocycles. The highest BCUT2D eigenvalue weighted by Gasteiger charge is 2.42. The van der Waals surface area contributed by atoms with E-state index in [-0.39, 0.29) is 18.2 Å². The first-order valence-corrected chi connectivity index (χ1v) is 13.3. The molecule has 7 heteroatoms. The van der Waals surface area contributed by atoms with E-state index in [9.17, 15) is 0 Å². The third-order valence-electron chi connectivity index (χ3n) is 6.85. The van der Waals surface area contributed by atoms with Crippen LogP contribution in [0.4, 0.5) is 5.69 Å². The van der Waals surface area contributed by atoms with E-state index in [0.29, 0.717) is 5.11 Å². The molecule has 190 valence electrons. The Bertz CT molecular complexity index is 1430. The minimum absolute atomic E-state index is 0.0984. The van der Waals surface area contributed by atoms with Gasteiger partial charge in [0, 0.05) is 34.0 Å². The van der Waals surface area contributed by atoms with Crippen molar-refractivity contribution >= 4 is 34.6 Å². The lowest BCUT2D eigenvalue weighted by molar-refractivity contribution is 0.242. The smallest absolute Gasteiger partial charge is 0.174 e. The standard InChI is InChI=1S/C30H31ClN4OS/c1-18(2)36-23-14-12-22(13-15-23)35-29(28(33-30(35)37)26-10-6-7-16-32-26)24-17-19(3)34(21(24)5)27-11-8-9-25(31)20(27)4/h6-18,28-29H,1-5H3,(H,33,37)/t28-,29+/m0/s1. The van der Waals surface area contributed by atoms with Crippen molar-refractivity contribution in [2.45, 2.75) is 52.8 Å². The number of thiocarbonyl (C=S) groups is 1. The number of ether oxygens (including phenoxy) is 1. The minimum atomic E-state index is -0.116. The normalized spacial score (nSPS) is 17.4. The molecule has 5 rings (SSSR count). The van der Waals surface area contributed by atoms with Gasteiger partial charge in [0.1, 0.15) is 5.75 Å². The van der Waals surface area contributed by atoms with Crippen molar-refractivity contribution < 1.29 is 4.74 Å². The molecule has 3 heterocycles. The fourth-order valence-electron chi connectivity index (χ4n) is 5.20. The number of nitrogens with zero attached hydrogens (tertiary/aromatic N) is 3. The van der Waals surface area contributed by atoms with Gasteiger partial charge in [0.2, 0.25) is 0 Å². The Labute approximate surface area is 229 Å². The van der Waals surface area contributed by atoms with E-state index in [1.807, 2.05) is 56.4 Å². The molecule has 0 saturated carbocycles. The van der Waals surface area contributed by atoms with Crippen LogP contribution in [0.15, 0.2) is 72.9 Å². The molecular weight excluding hydrogens is 500 g/mol. The number of aryl methyl sites for hydroxylation is 1. The predicted octanol–water partition coefficient (Wildman–Crippen LogP) is 7.42. The number of anilines is 1. The van der Waals surface area contributed by atoms with Crippen LogP contribution in [0.25, 0.3) is 5.69 Å². The number of rotatable bonds is 6. The van der Waals surface area contributed by atoms with Crippen LogP contribution >= 0.6 is 23.8 Å². The maximum Gasteiger partial charge on any atom is 0.174 e. The molecule has 0 spiro atoms. The predicted molar refractivity (Wildman–Crippen MR) is 155 cm³/mol. The van der Waals surface area contributed by atoms with Gasteiger partial charge in [0.25, 0.3) is 0 Å². The lowest BCUT2D eigenvalue weighted by atomic mass is 9.96. The van der Waals surface area contributed by atoms with Gasteiger partial charge in [-0.3, -0.25) is 4.98 Å². The van der Waals surface area contributed by atoms with Gasteiger partial charge in [0.05, 0.1) is 23.9 Å². The molecule has 1 aliphatic rings. The summed E-state index contributed by atoms with van der Waals surface area (Å²) in [5.41, 5.74) is 7.54. The highest BCUT2D eigenvalue weighted by atomic mass is 35.5. The second-order valence-corrected chi connectivity index (χ2v) is 10.5. The summed E-state index contributed by atoms with van der Waals surface area (Å²) < 4.78 is 8.16. The molecule has 5 nitrogen and oxygen atoms in total. The second kappa shape index (κ2) is 10.2. The topological polar surface area (TPSA) is 42.3 Å². The molecule has 0 amide bonds. The summed E-state index contributed by atoms with van der Waals surface area (Å²) in [5.74, 6) is 0.837. The highest BCUT2D eigenvalue weighted by molar-refractivity contribution is 7.80. The summed E-state index contributed by atoms with van der Waals surface area (Å²) >= 11 is 12.4. The summed E-state index contributed by atoms with van der Waals surface area (Å²) in [6, 6.07) is 22.2. The number of aromatic nitrogens is 2. The molecule has 4 aromatic rings. The minimum Gasteiger partial charge on any atom is -0.491 e. The molecule has 1 fully saturated rings. The molecular formula is C30H31ClN4OS. The molecule has 0 radical (unpaired) electrons. The summed E-state index contributed by atoms with van der Waals surface area (Å²) in [6.45, 7) is 10.4. The quantitative estimate of drug-likeness (QED) is 0.263. The van der Waals surface area contributed by atoms with Crippen LogP contribution in [0.2, 0.25) is 5.02 Å². The van der Waals surface area contributed by atoms with Crippen LogP contribution in [0.3, 0.4) is 0 Å². The van der Waals surface area contributed by atoms with Crippen molar-refractivity contribution in [1.29, 1.82) is 0 Å². The molecule has 1 aliphatic heterocycles. The molecule has 2 aromatic heterocycles. The van der Waals surface area contributed by atoms with Gasteiger partial charge in [0.15, 0.2) is 5.11 Å². The number of hydrogen-bond acceptors (Lipinski definition) is 3. The summed E-state index contributed by atoms with van der Waals surface area (Å²) in [7, 11) is 0. The SMILES string of the molecule is Cc1c(Cl)cccc1-n1c(C)cc([C@@H]2[C@H](c3ccccn3)NC(=S)N2c2ccc(OC(C)C)cc2)c1C. The zero-order valence-electron chi connectivity index (χ0n) is 21.7. The number of nitrogens with one attached hydrogen (secondary N) is 1. The van der Waals surface area contributed by atoms with Crippen LogP contribution in [-0.2, 0) is 0 Å². The van der Waals surface area contributed by atoms with Gasteiger partial charge in [-0.05, 0) is 113 Å². The molecule has 2 aromatic carbocycles. The van der Waals surface area contributed by atoms with Gasteiger partial charge in [-0.15, -0.1) is 0 Å². The van der Waals surface area contributed by atoms with Crippen molar-refractivity contribution in [3.63, 3.8) is 0 Å². The van der Waals surface area contributed by atoms with Gasteiger partial charge < -0.3 is 19.5 Å². The van der Waals surface area contributed by atoms with E-state index in [0.717, 1.165) is 44.8 Å². The third kappa shape index (κ3) is 4.72. The van der Waals surface area contributed by atoms with Crippen molar-refractivity contribution in [2.24, 2.45) is 0 Å². The van der Waals surface area contributed by atoms with Gasteiger partial charge in [-0.25, -0.2) is 0 Å². The van der Waals surface area contributed by atoms with E-state index in [2.05, 4.69) is 65.9 Å². The average Bonchev–Trinajstić information content (AvgIpc) is 3.37. The molecule has 0 unspecified atom stereocenters. The van der Waals surface area contributed by atoms with Crippen molar-refractivity contribution in [3.8, 4) is 11.4 Å². The van der Waals surface area contributed by atoms with Crippen LogP contribution in [0.1, 0.15) is 54.1 Å². The Hall–Kier alpha value is -3.35. The van der Waals surface area contributed by atoms with Crippen molar-refractivity contribution in [3.05, 3.63) is 106 Å². The van der Waals surface area contributed by atoms with E-state index in [4.69, 9.17) is 33.5 Å².